The summed E-state index contributed by atoms with van der Waals surface area (Å²) in [6.45, 7) is 1.98. The van der Waals surface area contributed by atoms with E-state index in [1.807, 2.05) is 0 Å². The Morgan fingerprint density at radius 3 is 2.46 bits per heavy atom. The van der Waals surface area contributed by atoms with Crippen molar-refractivity contribution in [2.75, 3.05) is 12.9 Å². The van der Waals surface area contributed by atoms with Gasteiger partial charge in [-0.2, -0.15) is 0 Å². The number of sulfone groups is 1. The minimum Gasteiger partial charge on any atom is -0.464 e. The molecule has 1 saturated carbocycles. The fourth-order valence-corrected chi connectivity index (χ4v) is 3.63. The predicted octanol–water partition coefficient (Wildman–Crippen LogP) is 2.09. The maximum Gasteiger partial charge on any atom is 0.331 e. The van der Waals surface area contributed by atoms with Gasteiger partial charge in [0.2, 0.25) is 0 Å². The highest BCUT2D eigenvalue weighted by Gasteiger charge is 2.42. The molecule has 1 fully saturated rings. The highest BCUT2D eigenvalue weighted by atomic mass is 32.2. The van der Waals surface area contributed by atoms with E-state index in [0.717, 1.165) is 25.5 Å². The molecule has 0 aliphatic heterocycles. The number of amides is 1. The van der Waals surface area contributed by atoms with Crippen molar-refractivity contribution in [3.63, 3.8) is 0 Å². The third-order valence-corrected chi connectivity index (χ3v) is 5.36. The molecule has 7 heteroatoms. The van der Waals surface area contributed by atoms with Crippen molar-refractivity contribution in [1.29, 1.82) is 0 Å². The van der Waals surface area contributed by atoms with Crippen LogP contribution < -0.4 is 5.32 Å². The first-order valence-electron chi connectivity index (χ1n) is 8.08. The van der Waals surface area contributed by atoms with Gasteiger partial charge in [-0.25, -0.2) is 13.2 Å². The van der Waals surface area contributed by atoms with Gasteiger partial charge >= 0.3 is 5.97 Å². The topological polar surface area (TPSA) is 89.5 Å². The summed E-state index contributed by atoms with van der Waals surface area (Å²) in [6.07, 6.45) is 4.84. The Kier molecular flexibility index (Phi) is 5.64. The Labute approximate surface area is 142 Å². The average molecular weight is 353 g/mol. The third-order valence-electron chi connectivity index (χ3n) is 4.25. The molecule has 1 amide bonds. The summed E-state index contributed by atoms with van der Waals surface area (Å²) < 4.78 is 28.4. The molecular formula is C17H23NO5S. The van der Waals surface area contributed by atoms with Crippen LogP contribution in [-0.4, -0.2) is 38.7 Å². The molecule has 132 valence electrons. The maximum absolute atomic E-state index is 12.6. The van der Waals surface area contributed by atoms with Gasteiger partial charge in [-0.1, -0.05) is 25.3 Å². The van der Waals surface area contributed by atoms with Crippen LogP contribution in [0.3, 0.4) is 0 Å². The number of ether oxygens (including phenoxy) is 1. The van der Waals surface area contributed by atoms with E-state index in [2.05, 4.69) is 5.32 Å². The zero-order valence-electron chi connectivity index (χ0n) is 14.0. The van der Waals surface area contributed by atoms with Crippen molar-refractivity contribution >= 4 is 21.7 Å². The van der Waals surface area contributed by atoms with Crippen LogP contribution in [0, 0.1) is 0 Å². The zero-order valence-corrected chi connectivity index (χ0v) is 14.8. The van der Waals surface area contributed by atoms with Crippen molar-refractivity contribution < 1.29 is 22.7 Å². The molecule has 0 aromatic heterocycles. The normalized spacial score (nSPS) is 17.1. The maximum atomic E-state index is 12.6. The van der Waals surface area contributed by atoms with Crippen LogP contribution in [0.1, 0.15) is 49.4 Å². The van der Waals surface area contributed by atoms with Crippen molar-refractivity contribution in [3.8, 4) is 0 Å². The molecule has 0 bridgehead atoms. The van der Waals surface area contributed by atoms with Crippen molar-refractivity contribution in [3.05, 3.63) is 29.8 Å². The molecule has 1 aromatic rings. The summed E-state index contributed by atoms with van der Waals surface area (Å²) in [6, 6.07) is 5.81. The predicted molar refractivity (Wildman–Crippen MR) is 89.5 cm³/mol. The lowest BCUT2D eigenvalue weighted by Gasteiger charge is -2.35. The average Bonchev–Trinajstić information content (AvgIpc) is 2.55. The number of hydrogen-bond donors (Lipinski definition) is 1. The molecule has 0 heterocycles. The number of rotatable bonds is 5. The van der Waals surface area contributed by atoms with Crippen molar-refractivity contribution in [2.45, 2.75) is 49.5 Å². The molecule has 1 aliphatic rings. The van der Waals surface area contributed by atoms with Crippen LogP contribution in [0.25, 0.3) is 0 Å². The molecule has 0 radical (unpaired) electrons. The van der Waals surface area contributed by atoms with Gasteiger partial charge in [0, 0.05) is 11.8 Å². The van der Waals surface area contributed by atoms with Gasteiger partial charge in [0.25, 0.3) is 5.91 Å². The van der Waals surface area contributed by atoms with Crippen LogP contribution >= 0.6 is 0 Å². The summed E-state index contributed by atoms with van der Waals surface area (Å²) in [5.74, 6) is -0.882. The Hall–Kier alpha value is -1.89. The molecule has 1 N–H and O–H groups in total. The molecule has 1 aromatic carbocycles. The highest BCUT2D eigenvalue weighted by Crippen LogP contribution is 2.30. The molecule has 2 rings (SSSR count). The van der Waals surface area contributed by atoms with Crippen LogP contribution in [0.4, 0.5) is 0 Å². The fraction of sp³-hybridized carbons (Fsp3) is 0.529. The lowest BCUT2D eigenvalue weighted by atomic mass is 9.81. The number of benzene rings is 1. The standard InChI is InChI=1S/C17H23NO5S/c1-3-23-16(20)17(10-5-4-6-11-17)18-15(19)13-8-7-9-14(12-13)24(2,21)22/h7-9,12H,3-6,10-11H2,1-2H3,(H,18,19). The molecule has 0 unspecified atom stereocenters. The molecular weight excluding hydrogens is 330 g/mol. The van der Waals surface area contributed by atoms with E-state index in [9.17, 15) is 18.0 Å². The van der Waals surface area contributed by atoms with Gasteiger partial charge in [0.1, 0.15) is 5.54 Å². The first-order chi connectivity index (χ1) is 11.3. The molecule has 0 atom stereocenters. The van der Waals surface area contributed by atoms with Crippen molar-refractivity contribution in [1.82, 2.24) is 5.32 Å². The van der Waals surface area contributed by atoms with Gasteiger partial charge < -0.3 is 10.1 Å². The molecule has 1 aliphatic carbocycles. The van der Waals surface area contributed by atoms with E-state index >= 15 is 0 Å². The van der Waals surface area contributed by atoms with Crippen LogP contribution in [-0.2, 0) is 19.4 Å². The van der Waals surface area contributed by atoms with E-state index in [0.29, 0.717) is 12.8 Å². The lowest BCUT2D eigenvalue weighted by molar-refractivity contribution is -0.152. The molecule has 0 saturated heterocycles. The van der Waals surface area contributed by atoms with E-state index < -0.39 is 27.3 Å². The molecule has 0 spiro atoms. The monoisotopic (exact) mass is 353 g/mol. The Balaban J connectivity index is 2.26. The number of nitrogens with one attached hydrogen (secondary N) is 1. The SMILES string of the molecule is CCOC(=O)C1(NC(=O)c2cccc(S(C)(=O)=O)c2)CCCCC1. The summed E-state index contributed by atoms with van der Waals surface area (Å²) in [5, 5.41) is 2.80. The van der Waals surface area contributed by atoms with Gasteiger partial charge in [0.05, 0.1) is 11.5 Å². The Bertz CT molecular complexity index is 720. The summed E-state index contributed by atoms with van der Waals surface area (Å²) in [4.78, 5) is 25.0. The van der Waals surface area contributed by atoms with Crippen LogP contribution in [0.2, 0.25) is 0 Å². The van der Waals surface area contributed by atoms with Crippen molar-refractivity contribution in [2.24, 2.45) is 0 Å². The highest BCUT2D eigenvalue weighted by molar-refractivity contribution is 7.90. The smallest absolute Gasteiger partial charge is 0.331 e. The number of carbonyl (C=O) groups excluding carboxylic acids is 2. The largest absolute Gasteiger partial charge is 0.464 e. The van der Waals surface area contributed by atoms with Crippen LogP contribution in [0.5, 0.6) is 0 Å². The van der Waals surface area contributed by atoms with Gasteiger partial charge in [-0.3, -0.25) is 4.79 Å². The van der Waals surface area contributed by atoms with Crippen LogP contribution in [0.15, 0.2) is 29.2 Å². The summed E-state index contributed by atoms with van der Waals surface area (Å²) in [7, 11) is -3.40. The van der Waals surface area contributed by atoms with Gasteiger partial charge in [0.15, 0.2) is 9.84 Å². The number of esters is 1. The Morgan fingerprint density at radius 2 is 1.88 bits per heavy atom. The molecule has 24 heavy (non-hydrogen) atoms. The second-order valence-corrected chi connectivity index (χ2v) is 8.13. The van der Waals surface area contributed by atoms with E-state index in [1.165, 1.54) is 24.3 Å². The number of carbonyl (C=O) groups is 2. The van der Waals surface area contributed by atoms with E-state index in [-0.39, 0.29) is 17.1 Å². The summed E-state index contributed by atoms with van der Waals surface area (Å²) in [5.41, 5.74) is -0.806. The minimum absolute atomic E-state index is 0.0731. The van der Waals surface area contributed by atoms with Gasteiger partial charge in [-0.15, -0.1) is 0 Å². The first-order valence-corrected chi connectivity index (χ1v) is 9.97. The second kappa shape index (κ2) is 7.34. The fourth-order valence-electron chi connectivity index (χ4n) is 2.96. The molecule has 6 nitrogen and oxygen atoms in total. The quantitative estimate of drug-likeness (QED) is 0.819. The lowest BCUT2D eigenvalue weighted by Crippen LogP contribution is -2.56. The second-order valence-electron chi connectivity index (χ2n) is 6.12. The zero-order chi connectivity index (χ0) is 17.8. The minimum atomic E-state index is -3.40. The third kappa shape index (κ3) is 4.14. The first kappa shape index (κ1) is 18.4. The number of hydrogen-bond acceptors (Lipinski definition) is 5. The van der Waals surface area contributed by atoms with E-state index in [4.69, 9.17) is 4.74 Å². The Morgan fingerprint density at radius 1 is 1.21 bits per heavy atom. The van der Waals surface area contributed by atoms with E-state index in [1.54, 1.807) is 6.92 Å². The summed E-state index contributed by atoms with van der Waals surface area (Å²) >= 11 is 0. The van der Waals surface area contributed by atoms with Gasteiger partial charge in [-0.05, 0) is 38.0 Å².